The van der Waals surface area contributed by atoms with E-state index >= 15 is 0 Å². The second-order valence-electron chi connectivity index (χ2n) is 4.78. The summed E-state index contributed by atoms with van der Waals surface area (Å²) < 4.78 is 1.70. The van der Waals surface area contributed by atoms with Crippen molar-refractivity contribution in [2.75, 3.05) is 12.8 Å². The lowest BCUT2D eigenvalue weighted by molar-refractivity contribution is 0.513. The van der Waals surface area contributed by atoms with Gasteiger partial charge in [-0.3, -0.25) is 0 Å². The third kappa shape index (κ3) is 3.49. The summed E-state index contributed by atoms with van der Waals surface area (Å²) in [7, 11) is 0. The number of nitrogens with one attached hydrogen (secondary N) is 1. The second-order valence-corrected chi connectivity index (χ2v) is 6.97. The van der Waals surface area contributed by atoms with E-state index < -0.39 is 0 Å². The predicted octanol–water partition coefficient (Wildman–Crippen LogP) is 4.39. The summed E-state index contributed by atoms with van der Waals surface area (Å²) in [6.45, 7) is 3.39. The molecule has 0 radical (unpaired) electrons. The standard InChI is InChI=1S/C14H20BrNS/c1-3-13(11-4-6-12(15)7-5-11)16-10-14(17-2)8-9-14/h4-7,13,16H,3,8-10H2,1-2H3. The van der Waals surface area contributed by atoms with Crippen LogP contribution in [-0.4, -0.2) is 17.5 Å². The Labute approximate surface area is 117 Å². The molecule has 1 aromatic rings. The van der Waals surface area contributed by atoms with Gasteiger partial charge in [0.1, 0.15) is 0 Å². The van der Waals surface area contributed by atoms with Gasteiger partial charge in [-0.15, -0.1) is 0 Å². The molecule has 1 atom stereocenters. The highest BCUT2D eigenvalue weighted by atomic mass is 79.9. The fourth-order valence-corrected chi connectivity index (χ4v) is 3.10. The molecule has 0 amide bonds. The highest BCUT2D eigenvalue weighted by Crippen LogP contribution is 2.46. The molecule has 0 heterocycles. The SMILES string of the molecule is CCC(NCC1(SC)CC1)c1ccc(Br)cc1. The second kappa shape index (κ2) is 5.77. The molecule has 0 aliphatic heterocycles. The third-order valence-corrected chi connectivity index (χ3v) is 5.54. The first-order chi connectivity index (χ1) is 8.19. The minimum absolute atomic E-state index is 0.493. The van der Waals surface area contributed by atoms with E-state index in [0.717, 1.165) is 17.4 Å². The first-order valence-corrected chi connectivity index (χ1v) is 8.25. The van der Waals surface area contributed by atoms with Crippen molar-refractivity contribution in [3.8, 4) is 0 Å². The number of hydrogen-bond acceptors (Lipinski definition) is 2. The molecule has 1 fully saturated rings. The number of thioether (sulfide) groups is 1. The smallest absolute Gasteiger partial charge is 0.0318 e. The van der Waals surface area contributed by atoms with Crippen LogP contribution in [0.2, 0.25) is 0 Å². The number of halogens is 1. The van der Waals surface area contributed by atoms with Gasteiger partial charge in [0.15, 0.2) is 0 Å². The van der Waals surface area contributed by atoms with Gasteiger partial charge in [-0.05, 0) is 43.2 Å². The van der Waals surface area contributed by atoms with Crippen LogP contribution < -0.4 is 5.32 Å². The maximum atomic E-state index is 3.72. The van der Waals surface area contributed by atoms with Gasteiger partial charge in [-0.1, -0.05) is 35.0 Å². The van der Waals surface area contributed by atoms with Gasteiger partial charge in [0.25, 0.3) is 0 Å². The zero-order valence-corrected chi connectivity index (χ0v) is 12.9. The Bertz CT molecular complexity index is 359. The Hall–Kier alpha value is 0.01000. The first-order valence-electron chi connectivity index (χ1n) is 6.23. The Morgan fingerprint density at radius 3 is 2.47 bits per heavy atom. The number of benzene rings is 1. The predicted molar refractivity (Wildman–Crippen MR) is 80.7 cm³/mol. The summed E-state index contributed by atoms with van der Waals surface area (Å²) in [5.41, 5.74) is 1.40. The molecule has 1 aromatic carbocycles. The van der Waals surface area contributed by atoms with Crippen LogP contribution in [0.3, 0.4) is 0 Å². The molecule has 1 N–H and O–H groups in total. The molecule has 94 valence electrons. The van der Waals surface area contributed by atoms with Crippen LogP contribution in [-0.2, 0) is 0 Å². The van der Waals surface area contributed by atoms with E-state index in [2.05, 4.69) is 58.7 Å². The Balaban J connectivity index is 1.94. The normalized spacial score (nSPS) is 19.0. The molecule has 1 aliphatic carbocycles. The zero-order valence-electron chi connectivity index (χ0n) is 10.5. The summed E-state index contributed by atoms with van der Waals surface area (Å²) in [4.78, 5) is 0. The fourth-order valence-electron chi connectivity index (χ4n) is 2.09. The lowest BCUT2D eigenvalue weighted by Crippen LogP contribution is -2.29. The van der Waals surface area contributed by atoms with E-state index in [1.807, 2.05) is 11.8 Å². The fraction of sp³-hybridized carbons (Fsp3) is 0.571. The molecule has 1 nitrogen and oxygen atoms in total. The largest absolute Gasteiger partial charge is 0.309 e. The van der Waals surface area contributed by atoms with Crippen LogP contribution in [0.25, 0.3) is 0 Å². The number of rotatable bonds is 6. The van der Waals surface area contributed by atoms with Gasteiger partial charge in [0.05, 0.1) is 0 Å². The van der Waals surface area contributed by atoms with E-state index in [9.17, 15) is 0 Å². The average molecular weight is 314 g/mol. The zero-order chi connectivity index (χ0) is 12.3. The summed E-state index contributed by atoms with van der Waals surface area (Å²) in [6, 6.07) is 9.17. The van der Waals surface area contributed by atoms with Gasteiger partial charge in [0.2, 0.25) is 0 Å². The van der Waals surface area contributed by atoms with Crippen LogP contribution >= 0.6 is 27.7 Å². The van der Waals surface area contributed by atoms with Crippen molar-refractivity contribution in [1.29, 1.82) is 0 Å². The molecular formula is C14H20BrNS. The van der Waals surface area contributed by atoms with Gasteiger partial charge < -0.3 is 5.32 Å². The van der Waals surface area contributed by atoms with Gasteiger partial charge in [-0.25, -0.2) is 0 Å². The Morgan fingerprint density at radius 1 is 1.35 bits per heavy atom. The van der Waals surface area contributed by atoms with Crippen LogP contribution in [0.5, 0.6) is 0 Å². The Morgan fingerprint density at radius 2 is 2.00 bits per heavy atom. The molecule has 0 spiro atoms. The Kier molecular flexibility index (Phi) is 4.56. The highest BCUT2D eigenvalue weighted by molar-refractivity contribution is 9.10. The monoisotopic (exact) mass is 313 g/mol. The summed E-state index contributed by atoms with van der Waals surface area (Å²) in [5.74, 6) is 0. The van der Waals surface area contributed by atoms with Gasteiger partial charge in [-0.2, -0.15) is 11.8 Å². The maximum absolute atomic E-state index is 3.72. The minimum Gasteiger partial charge on any atom is -0.309 e. The van der Waals surface area contributed by atoms with Crippen LogP contribution in [0.15, 0.2) is 28.7 Å². The highest BCUT2D eigenvalue weighted by Gasteiger charge is 2.41. The third-order valence-electron chi connectivity index (χ3n) is 3.59. The van der Waals surface area contributed by atoms with Crippen molar-refractivity contribution in [2.45, 2.75) is 37.0 Å². The van der Waals surface area contributed by atoms with Crippen molar-refractivity contribution in [2.24, 2.45) is 0 Å². The van der Waals surface area contributed by atoms with Crippen LogP contribution in [0.4, 0.5) is 0 Å². The molecule has 1 unspecified atom stereocenters. The quantitative estimate of drug-likeness (QED) is 0.836. The van der Waals surface area contributed by atoms with Crippen LogP contribution in [0.1, 0.15) is 37.8 Å². The van der Waals surface area contributed by atoms with Gasteiger partial charge in [0, 0.05) is 21.8 Å². The van der Waals surface area contributed by atoms with E-state index in [-0.39, 0.29) is 0 Å². The average Bonchev–Trinajstić information content (AvgIpc) is 3.13. The minimum atomic E-state index is 0.493. The molecule has 2 rings (SSSR count). The van der Waals surface area contributed by atoms with Crippen molar-refractivity contribution < 1.29 is 0 Å². The molecule has 17 heavy (non-hydrogen) atoms. The van der Waals surface area contributed by atoms with Crippen molar-refractivity contribution in [3.63, 3.8) is 0 Å². The molecule has 3 heteroatoms. The maximum Gasteiger partial charge on any atom is 0.0318 e. The summed E-state index contributed by atoms with van der Waals surface area (Å²) >= 11 is 5.50. The number of hydrogen-bond donors (Lipinski definition) is 1. The van der Waals surface area contributed by atoms with Crippen molar-refractivity contribution in [1.82, 2.24) is 5.32 Å². The van der Waals surface area contributed by atoms with Crippen LogP contribution in [0, 0.1) is 0 Å². The molecular weight excluding hydrogens is 294 g/mol. The molecule has 1 saturated carbocycles. The first kappa shape index (κ1) is 13.4. The van der Waals surface area contributed by atoms with E-state index in [1.165, 1.54) is 18.4 Å². The molecule has 0 aromatic heterocycles. The van der Waals surface area contributed by atoms with E-state index in [4.69, 9.17) is 0 Å². The van der Waals surface area contributed by atoms with Crippen molar-refractivity contribution in [3.05, 3.63) is 34.3 Å². The lowest BCUT2D eigenvalue weighted by Gasteiger charge is -2.21. The van der Waals surface area contributed by atoms with E-state index in [0.29, 0.717) is 10.8 Å². The summed E-state index contributed by atoms with van der Waals surface area (Å²) in [6.07, 6.45) is 6.12. The molecule has 0 bridgehead atoms. The topological polar surface area (TPSA) is 12.0 Å². The van der Waals surface area contributed by atoms with E-state index in [1.54, 1.807) is 0 Å². The lowest BCUT2D eigenvalue weighted by atomic mass is 10.0. The summed E-state index contributed by atoms with van der Waals surface area (Å²) in [5, 5.41) is 3.72. The molecule has 1 aliphatic rings. The van der Waals surface area contributed by atoms with Crippen molar-refractivity contribution >= 4 is 27.7 Å². The molecule has 0 saturated heterocycles. The van der Waals surface area contributed by atoms with Gasteiger partial charge >= 0.3 is 0 Å².